The van der Waals surface area contributed by atoms with Crippen molar-refractivity contribution in [3.63, 3.8) is 0 Å². The monoisotopic (exact) mass is 502 g/mol. The summed E-state index contributed by atoms with van der Waals surface area (Å²) >= 11 is 0. The highest BCUT2D eigenvalue weighted by Gasteiger charge is 2.18. The highest BCUT2D eigenvalue weighted by atomic mass is 16.6. The third-order valence-electron chi connectivity index (χ3n) is 5.16. The Bertz CT molecular complexity index is 1640. The number of rotatable bonds is 8. The summed E-state index contributed by atoms with van der Waals surface area (Å²) in [5.74, 6) is -1.49. The Labute approximate surface area is 207 Å². The van der Waals surface area contributed by atoms with E-state index in [2.05, 4.69) is 30.6 Å². The number of hydrogen-bond acceptors (Lipinski definition) is 10. The van der Waals surface area contributed by atoms with Gasteiger partial charge in [-0.3, -0.25) is 4.79 Å². The normalized spacial score (nSPS) is 10.9. The lowest BCUT2D eigenvalue weighted by Crippen LogP contribution is -2.15. The first-order valence-electron chi connectivity index (χ1n) is 10.9. The van der Waals surface area contributed by atoms with Crippen molar-refractivity contribution in [2.24, 2.45) is 0 Å². The molecule has 0 spiro atoms. The molecule has 4 heterocycles. The Kier molecular flexibility index (Phi) is 6.07. The topological polar surface area (TPSA) is 177 Å². The predicted molar refractivity (Wildman–Crippen MR) is 127 cm³/mol. The number of carbonyl (C=O) groups is 2. The summed E-state index contributed by atoms with van der Waals surface area (Å²) in [6.45, 7) is 2.00. The van der Waals surface area contributed by atoms with Gasteiger partial charge < -0.3 is 20.2 Å². The summed E-state index contributed by atoms with van der Waals surface area (Å²) in [4.78, 5) is 42.9. The van der Waals surface area contributed by atoms with Crippen molar-refractivity contribution in [2.75, 3.05) is 11.9 Å². The van der Waals surface area contributed by atoms with E-state index in [9.17, 15) is 19.7 Å². The number of nitrogens with zero attached hydrogens (tertiary/aromatic N) is 9. The van der Waals surface area contributed by atoms with Crippen molar-refractivity contribution in [3.8, 4) is 11.3 Å². The molecule has 1 amide bonds. The molecule has 0 fully saturated rings. The average Bonchev–Trinajstić information content (AvgIpc) is 3.64. The van der Waals surface area contributed by atoms with Crippen LogP contribution in [0.15, 0.2) is 61.3 Å². The molecule has 0 radical (unpaired) electrons. The minimum Gasteiger partial charge on any atom is -0.462 e. The van der Waals surface area contributed by atoms with Crippen LogP contribution in [-0.2, 0) is 11.4 Å². The third-order valence-corrected chi connectivity index (χ3v) is 5.16. The van der Waals surface area contributed by atoms with Crippen molar-refractivity contribution in [2.45, 2.75) is 13.6 Å². The smallest absolute Gasteiger partial charge is 0.462 e. The van der Waals surface area contributed by atoms with Crippen molar-refractivity contribution >= 4 is 29.2 Å². The second-order valence-electron chi connectivity index (χ2n) is 7.60. The van der Waals surface area contributed by atoms with Crippen LogP contribution in [0.2, 0.25) is 0 Å². The van der Waals surface area contributed by atoms with E-state index in [0.29, 0.717) is 17.0 Å². The number of nitrogens with one attached hydrogen (secondary N) is 1. The van der Waals surface area contributed by atoms with Crippen molar-refractivity contribution in [3.05, 3.63) is 82.7 Å². The summed E-state index contributed by atoms with van der Waals surface area (Å²) in [7, 11) is 0. The number of aromatic nitrogens is 8. The van der Waals surface area contributed by atoms with Crippen LogP contribution in [0.5, 0.6) is 0 Å². The van der Waals surface area contributed by atoms with Gasteiger partial charge in [-0.2, -0.15) is 14.9 Å². The molecule has 0 saturated carbocycles. The van der Waals surface area contributed by atoms with Crippen molar-refractivity contribution < 1.29 is 19.2 Å². The van der Waals surface area contributed by atoms with Gasteiger partial charge in [0, 0.05) is 28.7 Å². The fourth-order valence-corrected chi connectivity index (χ4v) is 3.56. The summed E-state index contributed by atoms with van der Waals surface area (Å²) in [6.07, 6.45) is 5.72. The Balaban J connectivity index is 1.33. The fourth-order valence-electron chi connectivity index (χ4n) is 3.56. The van der Waals surface area contributed by atoms with Crippen LogP contribution in [-0.4, -0.2) is 62.5 Å². The molecular formula is C22H18N10O5. The van der Waals surface area contributed by atoms with Crippen molar-refractivity contribution in [1.82, 2.24) is 39.1 Å². The molecular weight excluding hydrogens is 484 g/mol. The highest BCUT2D eigenvalue weighted by molar-refractivity contribution is 6.03. The first-order valence-corrected chi connectivity index (χ1v) is 10.9. The third kappa shape index (κ3) is 4.72. The van der Waals surface area contributed by atoms with E-state index in [0.717, 1.165) is 5.56 Å². The van der Waals surface area contributed by atoms with Gasteiger partial charge in [0.25, 0.3) is 5.91 Å². The number of benzene rings is 1. The Morgan fingerprint density at radius 1 is 1.14 bits per heavy atom. The lowest BCUT2D eigenvalue weighted by Gasteiger charge is -2.08. The van der Waals surface area contributed by atoms with E-state index >= 15 is 0 Å². The number of fused-ring (bicyclic) bond motifs is 1. The zero-order valence-electron chi connectivity index (χ0n) is 19.3. The van der Waals surface area contributed by atoms with Gasteiger partial charge in [-0.25, -0.2) is 19.0 Å². The van der Waals surface area contributed by atoms with Gasteiger partial charge in [0.05, 0.1) is 18.5 Å². The lowest BCUT2D eigenvalue weighted by molar-refractivity contribution is -0.394. The van der Waals surface area contributed by atoms with Crippen LogP contribution in [0.25, 0.3) is 16.9 Å². The van der Waals surface area contributed by atoms with Gasteiger partial charge in [0.2, 0.25) is 6.33 Å². The molecule has 1 aromatic carbocycles. The predicted octanol–water partition coefficient (Wildman–Crippen LogP) is 2.03. The number of anilines is 1. The van der Waals surface area contributed by atoms with Crippen molar-refractivity contribution in [1.29, 1.82) is 0 Å². The molecule has 1 N–H and O–H groups in total. The number of carbonyl (C=O) groups excluding carboxylic acids is 2. The number of ether oxygens (including phenoxy) is 1. The van der Waals surface area contributed by atoms with E-state index in [1.807, 2.05) is 6.07 Å². The van der Waals surface area contributed by atoms with Crippen LogP contribution < -0.4 is 5.32 Å². The molecule has 0 aliphatic heterocycles. The molecule has 15 heteroatoms. The molecule has 0 aliphatic rings. The van der Waals surface area contributed by atoms with Crippen LogP contribution in [0.3, 0.4) is 0 Å². The molecule has 5 rings (SSSR count). The molecule has 0 bridgehead atoms. The Morgan fingerprint density at radius 2 is 2.00 bits per heavy atom. The van der Waals surface area contributed by atoms with Gasteiger partial charge in [-0.1, -0.05) is 17.1 Å². The van der Waals surface area contributed by atoms with Gasteiger partial charge >= 0.3 is 11.9 Å². The first kappa shape index (κ1) is 23.3. The average molecular weight is 502 g/mol. The number of amides is 1. The van der Waals surface area contributed by atoms with E-state index in [1.54, 1.807) is 43.6 Å². The van der Waals surface area contributed by atoms with Gasteiger partial charge in [-0.15, -0.1) is 0 Å². The van der Waals surface area contributed by atoms with Crippen LogP contribution in [0, 0.1) is 10.1 Å². The Hall–Kier alpha value is -5.47. The lowest BCUT2D eigenvalue weighted by atomic mass is 10.1. The number of esters is 1. The largest absolute Gasteiger partial charge is 0.491 e. The second-order valence-corrected chi connectivity index (χ2v) is 7.60. The molecule has 0 aliphatic carbocycles. The molecule has 0 atom stereocenters. The van der Waals surface area contributed by atoms with E-state index in [4.69, 9.17) is 4.74 Å². The second kappa shape index (κ2) is 9.65. The minimum atomic E-state index is -0.699. The maximum absolute atomic E-state index is 12.8. The van der Waals surface area contributed by atoms with Gasteiger partial charge in [-0.05, 0) is 36.1 Å². The molecule has 4 aromatic heterocycles. The molecule has 15 nitrogen and oxygen atoms in total. The number of nitro groups is 1. The quantitative estimate of drug-likeness (QED) is 0.187. The fraction of sp³-hybridized carbons (Fsp3) is 0.136. The van der Waals surface area contributed by atoms with E-state index in [-0.39, 0.29) is 24.5 Å². The van der Waals surface area contributed by atoms with Crippen LogP contribution >= 0.6 is 0 Å². The number of hydrogen-bond donors (Lipinski definition) is 1. The van der Waals surface area contributed by atoms with E-state index in [1.165, 1.54) is 32.5 Å². The van der Waals surface area contributed by atoms with Gasteiger partial charge in [0.1, 0.15) is 5.56 Å². The van der Waals surface area contributed by atoms with Crippen LogP contribution in [0.1, 0.15) is 27.8 Å². The summed E-state index contributed by atoms with van der Waals surface area (Å²) in [5.41, 5.74) is 2.63. The molecule has 186 valence electrons. The Morgan fingerprint density at radius 3 is 2.78 bits per heavy atom. The molecule has 37 heavy (non-hydrogen) atoms. The van der Waals surface area contributed by atoms with Crippen LogP contribution in [0.4, 0.5) is 11.6 Å². The maximum atomic E-state index is 12.8. The molecule has 0 saturated heterocycles. The SMILES string of the molecule is CCOC(=O)c1cnn2c(-c3cccc(NC(=O)c4ccn(Cn5cnc([N+](=O)[O-])n5)n4)c3)ccnc12. The van der Waals surface area contributed by atoms with E-state index < -0.39 is 22.7 Å². The summed E-state index contributed by atoms with van der Waals surface area (Å²) < 4.78 is 9.23. The zero-order valence-corrected chi connectivity index (χ0v) is 19.3. The van der Waals surface area contributed by atoms with Gasteiger partial charge in [0.15, 0.2) is 18.0 Å². The molecule has 0 unspecified atom stereocenters. The standard InChI is InChI=1S/C22H18N10O5/c1-2-37-21(34)16-11-25-31-18(6-8-23-19(16)31)14-4-3-5-15(10-14)26-20(33)17-7-9-29(27-17)13-30-12-24-22(28-30)32(35)36/h3-12H,2,13H2,1H3,(H,26,33). The first-order chi connectivity index (χ1) is 17.9. The molecule has 5 aromatic rings. The summed E-state index contributed by atoms with van der Waals surface area (Å²) in [5, 5.41) is 25.7. The maximum Gasteiger partial charge on any atom is 0.491 e. The highest BCUT2D eigenvalue weighted by Crippen LogP contribution is 2.24. The zero-order chi connectivity index (χ0) is 25.9. The minimum absolute atomic E-state index is 0.0410. The summed E-state index contributed by atoms with van der Waals surface area (Å²) in [6, 6.07) is 10.3.